The summed E-state index contributed by atoms with van der Waals surface area (Å²) < 4.78 is 11.9. The maximum absolute atomic E-state index is 12.7. The molecule has 2 aliphatic heterocycles. The Morgan fingerprint density at radius 1 is 1.27 bits per heavy atom. The van der Waals surface area contributed by atoms with Crippen LogP contribution in [0.3, 0.4) is 0 Å². The lowest BCUT2D eigenvalue weighted by atomic mass is 10.0. The van der Waals surface area contributed by atoms with Crippen LogP contribution in [0.15, 0.2) is 16.6 Å². The van der Waals surface area contributed by atoms with E-state index in [-0.39, 0.29) is 18.3 Å². The lowest BCUT2D eigenvalue weighted by molar-refractivity contribution is 0.0702. The molecule has 7 heteroatoms. The van der Waals surface area contributed by atoms with Gasteiger partial charge in [0.05, 0.1) is 4.47 Å². The summed E-state index contributed by atoms with van der Waals surface area (Å²) >= 11 is 3.46. The quantitative estimate of drug-likeness (QED) is 0.841. The molecule has 0 bridgehead atoms. The molecular weight excluding hydrogens is 372 g/mol. The van der Waals surface area contributed by atoms with Crippen molar-refractivity contribution >= 4 is 34.2 Å². The van der Waals surface area contributed by atoms with Crippen molar-refractivity contribution in [2.75, 3.05) is 33.4 Å². The van der Waals surface area contributed by atoms with E-state index in [0.717, 1.165) is 30.4 Å². The Balaban J connectivity index is 0.00000176. The van der Waals surface area contributed by atoms with Crippen LogP contribution in [0.25, 0.3) is 0 Å². The van der Waals surface area contributed by atoms with Crippen molar-refractivity contribution in [1.82, 2.24) is 10.2 Å². The number of amides is 1. The standard InChI is InChI=1S/C15H19BrN2O3.ClH/c1-18(11-2-4-17-5-3-11)15(19)10-8-12(16)14-13(9-10)20-6-7-21-14;/h8-9,11,17H,2-7H2,1H3;1H. The van der Waals surface area contributed by atoms with Crippen LogP contribution in [0.4, 0.5) is 0 Å². The zero-order chi connectivity index (χ0) is 14.8. The van der Waals surface area contributed by atoms with Gasteiger partial charge in [-0.1, -0.05) is 0 Å². The number of fused-ring (bicyclic) bond motifs is 1. The van der Waals surface area contributed by atoms with Crippen LogP contribution in [-0.4, -0.2) is 50.2 Å². The molecule has 1 N–H and O–H groups in total. The Morgan fingerprint density at radius 2 is 1.95 bits per heavy atom. The lowest BCUT2D eigenvalue weighted by Gasteiger charge is -2.32. The molecule has 2 heterocycles. The summed E-state index contributed by atoms with van der Waals surface area (Å²) in [5, 5.41) is 3.32. The van der Waals surface area contributed by atoms with E-state index in [1.54, 1.807) is 6.07 Å². The molecule has 5 nitrogen and oxygen atoms in total. The molecule has 0 aliphatic carbocycles. The maximum atomic E-state index is 12.7. The summed E-state index contributed by atoms with van der Waals surface area (Å²) in [5.74, 6) is 1.35. The van der Waals surface area contributed by atoms with E-state index in [1.165, 1.54) is 0 Å². The zero-order valence-electron chi connectivity index (χ0n) is 12.4. The van der Waals surface area contributed by atoms with Gasteiger partial charge in [-0.05, 0) is 54.0 Å². The van der Waals surface area contributed by atoms with Crippen molar-refractivity contribution in [2.45, 2.75) is 18.9 Å². The van der Waals surface area contributed by atoms with Gasteiger partial charge in [0, 0.05) is 18.7 Å². The van der Waals surface area contributed by atoms with Crippen molar-refractivity contribution in [1.29, 1.82) is 0 Å². The SMILES string of the molecule is CN(C(=O)c1cc(Br)c2c(c1)OCCO2)C1CCNCC1.Cl. The van der Waals surface area contributed by atoms with Crippen LogP contribution < -0.4 is 14.8 Å². The van der Waals surface area contributed by atoms with Gasteiger partial charge in [-0.15, -0.1) is 12.4 Å². The highest BCUT2D eigenvalue weighted by molar-refractivity contribution is 9.10. The van der Waals surface area contributed by atoms with Crippen molar-refractivity contribution in [2.24, 2.45) is 0 Å². The summed E-state index contributed by atoms with van der Waals surface area (Å²) in [6.45, 7) is 2.98. The van der Waals surface area contributed by atoms with Gasteiger partial charge in [-0.25, -0.2) is 0 Å². The van der Waals surface area contributed by atoms with Crippen LogP contribution in [0.1, 0.15) is 23.2 Å². The minimum atomic E-state index is 0. The largest absolute Gasteiger partial charge is 0.486 e. The van der Waals surface area contributed by atoms with Crippen LogP contribution in [0, 0.1) is 0 Å². The van der Waals surface area contributed by atoms with Crippen molar-refractivity contribution in [3.8, 4) is 11.5 Å². The molecule has 3 rings (SSSR count). The second kappa shape index (κ2) is 7.53. The molecule has 0 spiro atoms. The zero-order valence-corrected chi connectivity index (χ0v) is 14.8. The number of rotatable bonds is 2. The number of carbonyl (C=O) groups excluding carboxylic acids is 1. The van der Waals surface area contributed by atoms with Gasteiger partial charge in [0.15, 0.2) is 11.5 Å². The maximum Gasteiger partial charge on any atom is 0.254 e. The average molecular weight is 392 g/mol. The van der Waals surface area contributed by atoms with Gasteiger partial charge in [-0.2, -0.15) is 0 Å². The molecule has 1 aromatic rings. The highest BCUT2D eigenvalue weighted by atomic mass is 79.9. The highest BCUT2D eigenvalue weighted by Gasteiger charge is 2.25. The van der Waals surface area contributed by atoms with E-state index in [0.29, 0.717) is 36.3 Å². The van der Waals surface area contributed by atoms with Crippen molar-refractivity contribution in [3.05, 3.63) is 22.2 Å². The number of ether oxygens (including phenoxy) is 2. The van der Waals surface area contributed by atoms with Crippen LogP contribution in [0.2, 0.25) is 0 Å². The lowest BCUT2D eigenvalue weighted by Crippen LogP contribution is -2.44. The second-order valence-corrected chi connectivity index (χ2v) is 6.23. The third-order valence-corrected chi connectivity index (χ3v) is 4.61. The molecule has 2 aliphatic rings. The molecule has 1 amide bonds. The predicted octanol–water partition coefficient (Wildman–Crippen LogP) is 2.47. The molecule has 0 unspecified atom stereocenters. The Kier molecular flexibility index (Phi) is 5.94. The normalized spacial score (nSPS) is 17.5. The number of halogens is 2. The van der Waals surface area contributed by atoms with Gasteiger partial charge in [0.1, 0.15) is 13.2 Å². The first kappa shape index (κ1) is 17.4. The van der Waals surface area contributed by atoms with E-state index in [1.807, 2.05) is 18.0 Å². The summed E-state index contributed by atoms with van der Waals surface area (Å²) in [6.07, 6.45) is 1.99. The molecular formula is C15H20BrClN2O3. The van der Waals surface area contributed by atoms with E-state index in [2.05, 4.69) is 21.2 Å². The molecule has 0 atom stereocenters. The van der Waals surface area contributed by atoms with E-state index in [9.17, 15) is 4.79 Å². The van der Waals surface area contributed by atoms with Gasteiger partial charge < -0.3 is 19.7 Å². The third kappa shape index (κ3) is 3.50. The Hall–Kier alpha value is -0.980. The fourth-order valence-corrected chi connectivity index (χ4v) is 3.35. The monoisotopic (exact) mass is 390 g/mol. The topological polar surface area (TPSA) is 50.8 Å². The summed E-state index contributed by atoms with van der Waals surface area (Å²) in [5.41, 5.74) is 0.632. The predicted molar refractivity (Wildman–Crippen MR) is 90.4 cm³/mol. The molecule has 22 heavy (non-hydrogen) atoms. The number of carbonyl (C=O) groups is 1. The molecule has 1 aromatic carbocycles. The third-order valence-electron chi connectivity index (χ3n) is 4.02. The Bertz CT molecular complexity index is 550. The molecule has 1 fully saturated rings. The fourth-order valence-electron chi connectivity index (χ4n) is 2.80. The minimum Gasteiger partial charge on any atom is -0.486 e. The van der Waals surface area contributed by atoms with Gasteiger partial charge in [0.2, 0.25) is 0 Å². The summed E-state index contributed by atoms with van der Waals surface area (Å²) in [7, 11) is 1.88. The Morgan fingerprint density at radius 3 is 2.68 bits per heavy atom. The van der Waals surface area contributed by atoms with Gasteiger partial charge in [-0.3, -0.25) is 4.79 Å². The van der Waals surface area contributed by atoms with Crippen LogP contribution >= 0.6 is 28.3 Å². The van der Waals surface area contributed by atoms with Gasteiger partial charge in [0.25, 0.3) is 5.91 Å². The number of nitrogens with zero attached hydrogens (tertiary/aromatic N) is 1. The molecule has 0 saturated carbocycles. The van der Waals surface area contributed by atoms with Crippen LogP contribution in [-0.2, 0) is 0 Å². The van der Waals surface area contributed by atoms with E-state index >= 15 is 0 Å². The number of piperidine rings is 1. The van der Waals surface area contributed by atoms with Gasteiger partial charge >= 0.3 is 0 Å². The van der Waals surface area contributed by atoms with Crippen molar-refractivity contribution in [3.63, 3.8) is 0 Å². The summed E-state index contributed by atoms with van der Waals surface area (Å²) in [4.78, 5) is 14.5. The number of nitrogens with one attached hydrogen (secondary N) is 1. The molecule has 0 aromatic heterocycles. The first-order chi connectivity index (χ1) is 10.2. The highest BCUT2D eigenvalue weighted by Crippen LogP contribution is 2.38. The number of benzene rings is 1. The summed E-state index contributed by atoms with van der Waals surface area (Å²) in [6, 6.07) is 3.89. The first-order valence-corrected chi connectivity index (χ1v) is 8.03. The molecule has 122 valence electrons. The van der Waals surface area contributed by atoms with E-state index < -0.39 is 0 Å². The molecule has 1 saturated heterocycles. The van der Waals surface area contributed by atoms with Crippen molar-refractivity contribution < 1.29 is 14.3 Å². The minimum absolute atomic E-state index is 0. The smallest absolute Gasteiger partial charge is 0.254 e. The van der Waals surface area contributed by atoms with E-state index in [4.69, 9.17) is 9.47 Å². The average Bonchev–Trinajstić information content (AvgIpc) is 2.54. The number of hydrogen-bond donors (Lipinski definition) is 1. The number of hydrogen-bond acceptors (Lipinski definition) is 4. The molecule has 0 radical (unpaired) electrons. The first-order valence-electron chi connectivity index (χ1n) is 7.24. The Labute approximate surface area is 144 Å². The second-order valence-electron chi connectivity index (χ2n) is 5.38. The van der Waals surface area contributed by atoms with Crippen LogP contribution in [0.5, 0.6) is 11.5 Å². The fraction of sp³-hybridized carbons (Fsp3) is 0.533.